The highest BCUT2D eigenvalue weighted by molar-refractivity contribution is 5.23. The van der Waals surface area contributed by atoms with E-state index >= 15 is 0 Å². The van der Waals surface area contributed by atoms with Crippen molar-refractivity contribution in [3.63, 3.8) is 0 Å². The first-order valence-electron chi connectivity index (χ1n) is 3.10. The Morgan fingerprint density at radius 2 is 2.20 bits per heavy atom. The molecular weight excluding hydrogens is 131 g/mol. The Hall–Kier alpha value is -0.890. The summed E-state index contributed by atoms with van der Waals surface area (Å²) in [6.07, 6.45) is 0. The van der Waals surface area contributed by atoms with Crippen LogP contribution in [-0.2, 0) is 6.61 Å². The van der Waals surface area contributed by atoms with Gasteiger partial charge in [-0.05, 0) is 24.1 Å². The van der Waals surface area contributed by atoms with Crippen molar-refractivity contribution in [2.75, 3.05) is 0 Å². The minimum Gasteiger partial charge on any atom is -0.392 e. The van der Waals surface area contributed by atoms with E-state index in [0.717, 1.165) is 5.56 Å². The summed E-state index contributed by atoms with van der Waals surface area (Å²) < 4.78 is 12.6. The maximum absolute atomic E-state index is 12.6. The first-order valence-corrected chi connectivity index (χ1v) is 3.10. The molecular formula is C8H9FO. The van der Waals surface area contributed by atoms with Gasteiger partial charge in [-0.25, -0.2) is 4.39 Å². The standard InChI is InChI=1S/C8H9FO/c1-6-4-7(5-10)2-3-8(6)9/h2-4,10H,5H2,1H3. The zero-order chi connectivity index (χ0) is 7.56. The molecule has 0 aliphatic heterocycles. The van der Waals surface area contributed by atoms with E-state index in [0.29, 0.717) is 5.56 Å². The van der Waals surface area contributed by atoms with Crippen molar-refractivity contribution >= 4 is 0 Å². The van der Waals surface area contributed by atoms with Crippen LogP contribution < -0.4 is 0 Å². The van der Waals surface area contributed by atoms with E-state index in [1.165, 1.54) is 6.07 Å². The average Bonchev–Trinajstić information content (AvgIpc) is 1.95. The zero-order valence-corrected chi connectivity index (χ0v) is 5.76. The van der Waals surface area contributed by atoms with Crippen LogP contribution in [0.3, 0.4) is 0 Å². The van der Waals surface area contributed by atoms with E-state index in [-0.39, 0.29) is 12.4 Å². The molecule has 1 aromatic carbocycles. The molecule has 0 atom stereocenters. The summed E-state index contributed by atoms with van der Waals surface area (Å²) in [5.41, 5.74) is 1.32. The lowest BCUT2D eigenvalue weighted by atomic mass is 10.1. The SMILES string of the molecule is Cc1cc(CO)ccc1F. The van der Waals surface area contributed by atoms with Gasteiger partial charge in [-0.2, -0.15) is 0 Å². The van der Waals surface area contributed by atoms with Crippen molar-refractivity contribution in [1.82, 2.24) is 0 Å². The van der Waals surface area contributed by atoms with Gasteiger partial charge in [-0.15, -0.1) is 0 Å². The second-order valence-corrected chi connectivity index (χ2v) is 2.24. The second kappa shape index (κ2) is 2.80. The molecule has 0 bridgehead atoms. The highest BCUT2D eigenvalue weighted by Gasteiger charge is 1.96. The van der Waals surface area contributed by atoms with Crippen molar-refractivity contribution in [3.8, 4) is 0 Å². The molecule has 1 rings (SSSR count). The van der Waals surface area contributed by atoms with Gasteiger partial charge in [-0.3, -0.25) is 0 Å². The Balaban J connectivity index is 3.04. The Labute approximate surface area is 59.1 Å². The minimum atomic E-state index is -0.225. The predicted molar refractivity (Wildman–Crippen MR) is 37.1 cm³/mol. The molecule has 0 fully saturated rings. The molecule has 1 aromatic rings. The monoisotopic (exact) mass is 140 g/mol. The van der Waals surface area contributed by atoms with Gasteiger partial charge in [0.15, 0.2) is 0 Å². The van der Waals surface area contributed by atoms with Gasteiger partial charge in [0.2, 0.25) is 0 Å². The summed E-state index contributed by atoms with van der Waals surface area (Å²) in [5.74, 6) is -0.225. The quantitative estimate of drug-likeness (QED) is 0.628. The summed E-state index contributed by atoms with van der Waals surface area (Å²) in [5, 5.41) is 8.63. The first kappa shape index (κ1) is 7.22. The van der Waals surface area contributed by atoms with Gasteiger partial charge in [-0.1, -0.05) is 12.1 Å². The zero-order valence-electron chi connectivity index (χ0n) is 5.76. The van der Waals surface area contributed by atoms with Crippen molar-refractivity contribution in [2.24, 2.45) is 0 Å². The van der Waals surface area contributed by atoms with Crippen molar-refractivity contribution in [2.45, 2.75) is 13.5 Å². The number of aliphatic hydroxyl groups is 1. The number of rotatable bonds is 1. The Morgan fingerprint density at radius 3 is 2.70 bits per heavy atom. The minimum absolute atomic E-state index is 0.0267. The third-order valence-electron chi connectivity index (χ3n) is 1.40. The van der Waals surface area contributed by atoms with E-state index in [4.69, 9.17) is 5.11 Å². The number of aliphatic hydroxyl groups excluding tert-OH is 1. The van der Waals surface area contributed by atoms with Crippen molar-refractivity contribution < 1.29 is 9.50 Å². The van der Waals surface area contributed by atoms with Crippen molar-refractivity contribution in [1.29, 1.82) is 0 Å². The lowest BCUT2D eigenvalue weighted by Crippen LogP contribution is -1.86. The summed E-state index contributed by atoms with van der Waals surface area (Å²) in [4.78, 5) is 0. The third-order valence-corrected chi connectivity index (χ3v) is 1.40. The molecule has 0 spiro atoms. The molecule has 0 aliphatic carbocycles. The molecule has 2 heteroatoms. The number of hydrogen-bond donors (Lipinski definition) is 1. The van der Waals surface area contributed by atoms with Crippen LogP contribution in [0.5, 0.6) is 0 Å². The Morgan fingerprint density at radius 1 is 1.50 bits per heavy atom. The summed E-state index contributed by atoms with van der Waals surface area (Å²) in [6, 6.07) is 4.57. The average molecular weight is 140 g/mol. The lowest BCUT2D eigenvalue weighted by Gasteiger charge is -1.97. The van der Waals surface area contributed by atoms with Gasteiger partial charge < -0.3 is 5.11 Å². The number of halogens is 1. The molecule has 0 radical (unpaired) electrons. The normalized spacial score (nSPS) is 9.90. The fourth-order valence-corrected chi connectivity index (χ4v) is 0.805. The molecule has 0 aromatic heterocycles. The number of hydrogen-bond acceptors (Lipinski definition) is 1. The van der Waals surface area contributed by atoms with Crippen LogP contribution in [-0.4, -0.2) is 5.11 Å². The van der Waals surface area contributed by atoms with Crippen molar-refractivity contribution in [3.05, 3.63) is 35.1 Å². The predicted octanol–water partition coefficient (Wildman–Crippen LogP) is 1.63. The van der Waals surface area contributed by atoms with E-state index in [1.54, 1.807) is 19.1 Å². The molecule has 0 aliphatic rings. The van der Waals surface area contributed by atoms with Gasteiger partial charge in [0, 0.05) is 0 Å². The van der Waals surface area contributed by atoms with Gasteiger partial charge in [0.05, 0.1) is 6.61 Å². The van der Waals surface area contributed by atoms with Gasteiger partial charge in [0.1, 0.15) is 5.82 Å². The second-order valence-electron chi connectivity index (χ2n) is 2.24. The van der Waals surface area contributed by atoms with Gasteiger partial charge in [0.25, 0.3) is 0 Å². The van der Waals surface area contributed by atoms with E-state index in [2.05, 4.69) is 0 Å². The molecule has 0 heterocycles. The molecule has 0 saturated carbocycles. The molecule has 0 unspecified atom stereocenters. The van der Waals surface area contributed by atoms with Crippen LogP contribution in [0.25, 0.3) is 0 Å². The Bertz CT molecular complexity index is 233. The van der Waals surface area contributed by atoms with Crippen LogP contribution in [0.4, 0.5) is 4.39 Å². The van der Waals surface area contributed by atoms with E-state index in [9.17, 15) is 4.39 Å². The van der Waals surface area contributed by atoms with Crippen LogP contribution in [0.15, 0.2) is 18.2 Å². The largest absolute Gasteiger partial charge is 0.392 e. The van der Waals surface area contributed by atoms with Crippen LogP contribution in [0, 0.1) is 12.7 Å². The summed E-state index contributed by atoms with van der Waals surface area (Å²) in [7, 11) is 0. The highest BCUT2D eigenvalue weighted by Crippen LogP contribution is 2.08. The first-order chi connectivity index (χ1) is 4.74. The van der Waals surface area contributed by atoms with Crippen LogP contribution >= 0.6 is 0 Å². The maximum atomic E-state index is 12.6. The summed E-state index contributed by atoms with van der Waals surface area (Å²) >= 11 is 0. The topological polar surface area (TPSA) is 20.2 Å². The number of aryl methyl sites for hydroxylation is 1. The molecule has 1 N–H and O–H groups in total. The third kappa shape index (κ3) is 1.33. The van der Waals surface area contributed by atoms with Crippen LogP contribution in [0.1, 0.15) is 11.1 Å². The molecule has 0 saturated heterocycles. The fraction of sp³-hybridized carbons (Fsp3) is 0.250. The molecule has 10 heavy (non-hydrogen) atoms. The summed E-state index contributed by atoms with van der Waals surface area (Å²) in [6.45, 7) is 1.65. The lowest BCUT2D eigenvalue weighted by molar-refractivity contribution is 0.281. The molecule has 54 valence electrons. The van der Waals surface area contributed by atoms with E-state index in [1.807, 2.05) is 0 Å². The smallest absolute Gasteiger partial charge is 0.126 e. The fourth-order valence-electron chi connectivity index (χ4n) is 0.805. The Kier molecular flexibility index (Phi) is 2.02. The van der Waals surface area contributed by atoms with Crippen LogP contribution in [0.2, 0.25) is 0 Å². The number of benzene rings is 1. The van der Waals surface area contributed by atoms with E-state index < -0.39 is 0 Å². The maximum Gasteiger partial charge on any atom is 0.126 e. The molecule has 0 amide bonds. The molecule has 1 nitrogen and oxygen atoms in total. The highest BCUT2D eigenvalue weighted by atomic mass is 19.1. The van der Waals surface area contributed by atoms with Gasteiger partial charge >= 0.3 is 0 Å².